The van der Waals surface area contributed by atoms with Gasteiger partial charge in [-0.05, 0) is 11.8 Å². The first kappa shape index (κ1) is 15.9. The first-order valence-electron chi connectivity index (χ1n) is 6.50. The third-order valence-electron chi connectivity index (χ3n) is 2.97. The van der Waals surface area contributed by atoms with Gasteiger partial charge in [0.25, 0.3) is 0 Å². The molecule has 0 radical (unpaired) electrons. The molecule has 0 heterocycles. The largest absolute Gasteiger partial charge is 0.393 e. The standard InChI is InChI=1S/C13H28N2S/c1-5-12(6-2)10-15(9-11(3)4)8-7-13(14)16/h11-12H,5-10H2,1-4H3,(H2,14,16). The van der Waals surface area contributed by atoms with Gasteiger partial charge >= 0.3 is 0 Å². The van der Waals surface area contributed by atoms with Gasteiger partial charge in [0.15, 0.2) is 0 Å². The second kappa shape index (κ2) is 8.94. The summed E-state index contributed by atoms with van der Waals surface area (Å²) < 4.78 is 0. The van der Waals surface area contributed by atoms with E-state index in [1.165, 1.54) is 19.4 Å². The van der Waals surface area contributed by atoms with Gasteiger partial charge in [0.05, 0.1) is 4.99 Å². The molecule has 16 heavy (non-hydrogen) atoms. The molecule has 3 heteroatoms. The van der Waals surface area contributed by atoms with Crippen molar-refractivity contribution in [2.24, 2.45) is 17.6 Å². The third kappa shape index (κ3) is 8.05. The van der Waals surface area contributed by atoms with E-state index in [1.807, 2.05) is 0 Å². The molecule has 0 bridgehead atoms. The molecule has 0 aliphatic rings. The molecule has 0 aromatic rings. The molecule has 0 saturated heterocycles. The van der Waals surface area contributed by atoms with Gasteiger partial charge in [0, 0.05) is 26.1 Å². The molecule has 0 unspecified atom stereocenters. The van der Waals surface area contributed by atoms with Crippen molar-refractivity contribution in [3.63, 3.8) is 0 Å². The molecule has 0 atom stereocenters. The van der Waals surface area contributed by atoms with E-state index < -0.39 is 0 Å². The van der Waals surface area contributed by atoms with E-state index in [0.29, 0.717) is 10.9 Å². The van der Waals surface area contributed by atoms with Crippen LogP contribution in [0.2, 0.25) is 0 Å². The Balaban J connectivity index is 4.12. The highest BCUT2D eigenvalue weighted by Crippen LogP contribution is 2.11. The fourth-order valence-corrected chi connectivity index (χ4v) is 2.05. The first-order chi connectivity index (χ1) is 7.49. The number of nitrogens with zero attached hydrogens (tertiary/aromatic N) is 1. The van der Waals surface area contributed by atoms with Crippen LogP contribution in [-0.2, 0) is 0 Å². The summed E-state index contributed by atoms with van der Waals surface area (Å²) in [7, 11) is 0. The maximum Gasteiger partial charge on any atom is 0.0740 e. The lowest BCUT2D eigenvalue weighted by Crippen LogP contribution is -2.35. The van der Waals surface area contributed by atoms with Gasteiger partial charge in [-0.3, -0.25) is 0 Å². The summed E-state index contributed by atoms with van der Waals surface area (Å²) in [6.45, 7) is 12.4. The van der Waals surface area contributed by atoms with Crippen molar-refractivity contribution in [3.05, 3.63) is 0 Å². The van der Waals surface area contributed by atoms with E-state index in [4.69, 9.17) is 18.0 Å². The Morgan fingerprint density at radius 1 is 1.19 bits per heavy atom. The van der Waals surface area contributed by atoms with E-state index in [9.17, 15) is 0 Å². The lowest BCUT2D eigenvalue weighted by atomic mass is 10.0. The van der Waals surface area contributed by atoms with E-state index in [0.717, 1.165) is 25.4 Å². The number of rotatable bonds is 9. The molecule has 2 N–H and O–H groups in total. The summed E-state index contributed by atoms with van der Waals surface area (Å²) in [5.74, 6) is 1.52. The molecule has 0 aromatic carbocycles. The lowest BCUT2D eigenvalue weighted by Gasteiger charge is -2.27. The van der Waals surface area contributed by atoms with Gasteiger partial charge in [-0.25, -0.2) is 0 Å². The maximum absolute atomic E-state index is 5.57. The van der Waals surface area contributed by atoms with Gasteiger partial charge in [0.1, 0.15) is 0 Å². The van der Waals surface area contributed by atoms with Crippen molar-refractivity contribution in [1.82, 2.24) is 4.90 Å². The van der Waals surface area contributed by atoms with Crippen LogP contribution >= 0.6 is 12.2 Å². The monoisotopic (exact) mass is 244 g/mol. The minimum atomic E-state index is 0.637. The molecular formula is C13H28N2S. The number of hydrogen-bond donors (Lipinski definition) is 1. The zero-order valence-corrected chi connectivity index (χ0v) is 12.1. The topological polar surface area (TPSA) is 29.3 Å². The molecule has 0 rings (SSSR count). The molecule has 96 valence electrons. The molecule has 0 aromatic heterocycles. The number of hydrogen-bond acceptors (Lipinski definition) is 2. The van der Waals surface area contributed by atoms with E-state index in [1.54, 1.807) is 0 Å². The van der Waals surface area contributed by atoms with Crippen molar-refractivity contribution < 1.29 is 0 Å². The zero-order valence-electron chi connectivity index (χ0n) is 11.3. The third-order valence-corrected chi connectivity index (χ3v) is 3.17. The number of nitrogens with two attached hydrogens (primary N) is 1. The molecule has 0 aliphatic carbocycles. The van der Waals surface area contributed by atoms with E-state index in [-0.39, 0.29) is 0 Å². The van der Waals surface area contributed by atoms with Gasteiger partial charge in [0.2, 0.25) is 0 Å². The molecule has 0 saturated carbocycles. The summed E-state index contributed by atoms with van der Waals surface area (Å²) in [6.07, 6.45) is 3.37. The molecule has 0 spiro atoms. The fourth-order valence-electron chi connectivity index (χ4n) is 1.95. The van der Waals surface area contributed by atoms with Crippen LogP contribution in [0.4, 0.5) is 0 Å². The normalized spacial score (nSPS) is 11.7. The zero-order chi connectivity index (χ0) is 12.6. The SMILES string of the molecule is CCC(CC)CN(CCC(N)=S)CC(C)C. The van der Waals surface area contributed by atoms with Gasteiger partial charge in [-0.1, -0.05) is 52.8 Å². The minimum Gasteiger partial charge on any atom is -0.393 e. The summed E-state index contributed by atoms with van der Waals surface area (Å²) in [5, 5.41) is 0. The maximum atomic E-state index is 5.57. The summed E-state index contributed by atoms with van der Waals surface area (Å²) in [6, 6.07) is 0. The average Bonchev–Trinajstić information content (AvgIpc) is 2.21. The Labute approximate surface area is 107 Å². The second-order valence-corrected chi connectivity index (χ2v) is 5.58. The van der Waals surface area contributed by atoms with Crippen LogP contribution in [0.25, 0.3) is 0 Å². The van der Waals surface area contributed by atoms with Crippen LogP contribution in [0.5, 0.6) is 0 Å². The predicted octanol–water partition coefficient (Wildman–Crippen LogP) is 3.06. The first-order valence-corrected chi connectivity index (χ1v) is 6.91. The van der Waals surface area contributed by atoms with Crippen LogP contribution in [0.3, 0.4) is 0 Å². The molecule has 2 nitrogen and oxygen atoms in total. The van der Waals surface area contributed by atoms with Crippen molar-refractivity contribution in [1.29, 1.82) is 0 Å². The van der Waals surface area contributed by atoms with Gasteiger partial charge < -0.3 is 10.6 Å². The summed E-state index contributed by atoms with van der Waals surface area (Å²) in [4.78, 5) is 3.15. The lowest BCUT2D eigenvalue weighted by molar-refractivity contribution is 0.207. The van der Waals surface area contributed by atoms with Crippen molar-refractivity contribution in [2.75, 3.05) is 19.6 Å². The minimum absolute atomic E-state index is 0.637. The Morgan fingerprint density at radius 2 is 1.75 bits per heavy atom. The number of thiocarbonyl (C=S) groups is 1. The van der Waals surface area contributed by atoms with Crippen LogP contribution in [0.15, 0.2) is 0 Å². The quantitative estimate of drug-likeness (QED) is 0.632. The Bertz CT molecular complexity index is 188. The molecule has 0 aliphatic heterocycles. The Morgan fingerprint density at radius 3 is 2.12 bits per heavy atom. The molecular weight excluding hydrogens is 216 g/mol. The van der Waals surface area contributed by atoms with Crippen molar-refractivity contribution in [3.8, 4) is 0 Å². The van der Waals surface area contributed by atoms with Crippen LogP contribution < -0.4 is 5.73 Å². The van der Waals surface area contributed by atoms with Crippen LogP contribution in [0, 0.1) is 11.8 Å². The average molecular weight is 244 g/mol. The summed E-state index contributed by atoms with van der Waals surface area (Å²) >= 11 is 4.95. The van der Waals surface area contributed by atoms with Crippen molar-refractivity contribution in [2.45, 2.75) is 47.0 Å². The Kier molecular flexibility index (Phi) is 8.86. The molecule has 0 fully saturated rings. The highest BCUT2D eigenvalue weighted by atomic mass is 32.1. The van der Waals surface area contributed by atoms with Crippen molar-refractivity contribution >= 4 is 17.2 Å². The predicted molar refractivity (Wildman–Crippen MR) is 76.8 cm³/mol. The van der Waals surface area contributed by atoms with Gasteiger partial charge in [-0.2, -0.15) is 0 Å². The fraction of sp³-hybridized carbons (Fsp3) is 0.923. The highest BCUT2D eigenvalue weighted by molar-refractivity contribution is 7.80. The molecule has 0 amide bonds. The summed E-state index contributed by atoms with van der Waals surface area (Å²) in [5.41, 5.74) is 5.57. The van der Waals surface area contributed by atoms with E-state index >= 15 is 0 Å². The van der Waals surface area contributed by atoms with Crippen LogP contribution in [0.1, 0.15) is 47.0 Å². The van der Waals surface area contributed by atoms with E-state index in [2.05, 4.69) is 32.6 Å². The smallest absolute Gasteiger partial charge is 0.0740 e. The highest BCUT2D eigenvalue weighted by Gasteiger charge is 2.12. The second-order valence-electron chi connectivity index (χ2n) is 5.05. The van der Waals surface area contributed by atoms with Crippen LogP contribution in [-0.4, -0.2) is 29.5 Å². The Hall–Kier alpha value is -0.150. The van der Waals surface area contributed by atoms with Gasteiger partial charge in [-0.15, -0.1) is 0 Å².